The molecule has 1 spiro atoms. The van der Waals surface area contributed by atoms with Gasteiger partial charge in [0.1, 0.15) is 0 Å². The number of rotatable bonds is 5. The standard InChI is InChI=1S/C13H21.C5H5.Fe/c1-4-7-8-12-10-9-11(5-2)13(12)6-3;1-2-4-5-3-1;/h9-10H,4-8H2,1-3H3;1-5H;. The van der Waals surface area contributed by atoms with Crippen LogP contribution in [0.25, 0.3) is 0 Å². The van der Waals surface area contributed by atoms with E-state index in [1.807, 2.05) is 0 Å². The maximum absolute atomic E-state index is 3.00. The summed E-state index contributed by atoms with van der Waals surface area (Å²) in [6.45, 7) is 4.74. The third-order valence-corrected chi connectivity index (χ3v) is 63.3. The number of fused-ring (bicyclic) bond motifs is 10. The van der Waals surface area contributed by atoms with E-state index in [2.05, 4.69) is 20.8 Å². The van der Waals surface area contributed by atoms with Crippen LogP contribution in [0.5, 0.6) is 0 Å². The van der Waals surface area contributed by atoms with Gasteiger partial charge in [-0.15, -0.1) is 0 Å². The van der Waals surface area contributed by atoms with E-state index in [1.165, 1.54) is 40.1 Å². The molecule has 5 unspecified atom stereocenters. The minimum absolute atomic E-state index is 1.13. The van der Waals surface area contributed by atoms with Crippen molar-refractivity contribution in [1.82, 2.24) is 0 Å². The molecule has 0 aromatic carbocycles. The van der Waals surface area contributed by atoms with Crippen LogP contribution in [0.15, 0.2) is 0 Å². The van der Waals surface area contributed by atoms with Gasteiger partial charge in [-0.1, -0.05) is 0 Å². The zero-order valence-corrected chi connectivity index (χ0v) is 13.5. The summed E-state index contributed by atoms with van der Waals surface area (Å²) in [7, 11) is 0. The van der Waals surface area contributed by atoms with Crippen molar-refractivity contribution in [3.63, 3.8) is 0 Å². The second-order valence-corrected chi connectivity index (χ2v) is 35.3. The van der Waals surface area contributed by atoms with Gasteiger partial charge in [0.25, 0.3) is 0 Å². The first kappa shape index (κ1) is 8.23. The van der Waals surface area contributed by atoms with Crippen LogP contribution in [0.3, 0.4) is 0 Å². The van der Waals surface area contributed by atoms with Gasteiger partial charge in [0, 0.05) is 0 Å². The summed E-state index contributed by atoms with van der Waals surface area (Å²) in [6.07, 6.45) is 8.16. The van der Waals surface area contributed by atoms with E-state index in [-0.39, 0.29) is 0 Å². The molecule has 10 aliphatic heterocycles. The molecule has 0 bridgehead atoms. The van der Waals surface area contributed by atoms with Gasteiger partial charge in [0.2, 0.25) is 0 Å². The zero-order valence-electron chi connectivity index (χ0n) is 12.4. The van der Waals surface area contributed by atoms with E-state index in [4.69, 9.17) is 0 Å². The molecule has 10 rings (SSSR count). The van der Waals surface area contributed by atoms with Crippen molar-refractivity contribution in [3.05, 3.63) is 0 Å². The molecule has 10 heterocycles. The molecule has 10 aliphatic rings. The van der Waals surface area contributed by atoms with Crippen molar-refractivity contribution >= 4 is 0 Å². The van der Waals surface area contributed by atoms with Crippen LogP contribution in [0.1, 0.15) is 52.9 Å². The van der Waals surface area contributed by atoms with E-state index in [0.717, 1.165) is 12.9 Å². The Kier molecular flexibility index (Phi) is 0.307. The summed E-state index contributed by atoms with van der Waals surface area (Å²) < 4.78 is 3.43. The van der Waals surface area contributed by atoms with Gasteiger partial charge in [-0.3, -0.25) is 0 Å². The minimum atomic E-state index is -3.00. The van der Waals surface area contributed by atoms with Crippen LogP contribution in [0.2, 0.25) is 46.7 Å². The van der Waals surface area contributed by atoms with Gasteiger partial charge >= 0.3 is 106 Å². The topological polar surface area (TPSA) is 0 Å². The van der Waals surface area contributed by atoms with Crippen molar-refractivity contribution in [2.24, 2.45) is 0 Å². The molecular weight excluding hydrogens is 272 g/mol. The Morgan fingerprint density at radius 3 is 1.74 bits per heavy atom. The molecule has 0 aliphatic carbocycles. The molecule has 0 aromatic heterocycles. The summed E-state index contributed by atoms with van der Waals surface area (Å²) in [6, 6.07) is 0. The van der Waals surface area contributed by atoms with Crippen molar-refractivity contribution in [3.8, 4) is 0 Å². The van der Waals surface area contributed by atoms with E-state index in [1.54, 1.807) is 25.7 Å². The Hall–Kier alpha value is 0.519. The molecule has 10 fully saturated rings. The third-order valence-electron chi connectivity index (χ3n) is 17.9. The summed E-state index contributed by atoms with van der Waals surface area (Å²) in [5.74, 6) is 0. The van der Waals surface area contributed by atoms with Crippen LogP contribution in [-0.4, -0.2) is 0 Å². The average molecular weight is 298 g/mol. The number of hydrogen-bond acceptors (Lipinski definition) is 0. The first-order valence-electron chi connectivity index (χ1n) is 9.22. The van der Waals surface area contributed by atoms with Crippen molar-refractivity contribution < 1.29 is 6.51 Å². The maximum atomic E-state index is 2.66. The van der Waals surface area contributed by atoms with Crippen molar-refractivity contribution in [1.29, 1.82) is 0 Å². The van der Waals surface area contributed by atoms with Gasteiger partial charge in [0.15, 0.2) is 0 Å². The normalized spacial score (nSPS) is 116. The van der Waals surface area contributed by atoms with Crippen molar-refractivity contribution in [2.75, 3.05) is 0 Å². The molecule has 10 saturated heterocycles. The zero-order chi connectivity index (χ0) is 12.4. The van der Waals surface area contributed by atoms with Crippen LogP contribution < -0.4 is 0 Å². The molecular formula is C18H26Fe. The molecule has 0 saturated carbocycles. The van der Waals surface area contributed by atoms with Crippen LogP contribution >= 0.6 is 0 Å². The van der Waals surface area contributed by atoms with Crippen LogP contribution in [0.4, 0.5) is 0 Å². The Balaban J connectivity index is 1.56. The first-order chi connectivity index (χ1) is 9.01. The second kappa shape index (κ2) is 0.709. The van der Waals surface area contributed by atoms with Gasteiger partial charge in [-0.25, -0.2) is 0 Å². The van der Waals surface area contributed by atoms with E-state index < -0.39 is 6.51 Å². The summed E-state index contributed by atoms with van der Waals surface area (Å²) in [4.78, 5) is 10.6. The Labute approximate surface area is 106 Å². The predicted molar refractivity (Wildman–Crippen MR) is 74.4 cm³/mol. The van der Waals surface area contributed by atoms with Crippen LogP contribution in [0, 0.1) is 0 Å². The monoisotopic (exact) mass is 298 g/mol. The number of hydrogen-bond donors (Lipinski definition) is 0. The first-order valence-corrected chi connectivity index (χ1v) is 15.3. The van der Waals surface area contributed by atoms with Gasteiger partial charge in [-0.05, 0) is 0 Å². The summed E-state index contributed by atoms with van der Waals surface area (Å²) in [5.41, 5.74) is 0. The molecule has 0 amide bonds. The van der Waals surface area contributed by atoms with Crippen molar-refractivity contribution in [2.45, 2.75) is 99.5 Å². The molecule has 106 valence electrons. The molecule has 19 heavy (non-hydrogen) atoms. The van der Waals surface area contributed by atoms with E-state index in [0.29, 0.717) is 0 Å². The molecule has 5 atom stereocenters. The molecule has 0 N–H and O–H groups in total. The fourth-order valence-corrected chi connectivity index (χ4v) is 104. The van der Waals surface area contributed by atoms with Gasteiger partial charge in [0.05, 0.1) is 0 Å². The number of unbranched alkanes of at least 4 members (excludes halogenated alkanes) is 1. The Bertz CT molecular complexity index is 1020. The fraction of sp³-hybridized carbons (Fsp3) is 1.00. The van der Waals surface area contributed by atoms with Crippen LogP contribution in [-0.2, 0) is 6.51 Å². The Morgan fingerprint density at radius 2 is 1.37 bits per heavy atom. The molecule has 0 radical (unpaired) electrons. The van der Waals surface area contributed by atoms with Gasteiger partial charge in [-0.2, -0.15) is 0 Å². The van der Waals surface area contributed by atoms with Gasteiger partial charge < -0.3 is 0 Å². The molecule has 0 nitrogen and oxygen atoms in total. The summed E-state index contributed by atoms with van der Waals surface area (Å²) >= 11 is 0. The van der Waals surface area contributed by atoms with E-state index in [9.17, 15) is 0 Å². The third kappa shape index (κ3) is 0.0793. The SMILES string of the molecule is CCCC[C]12[CH]3[CH]4[C]5(CC)[C]1(CC)[Fe]43521678[CH]2[CH]1[CH]6[CH]7[CH]28. The quantitative estimate of drug-likeness (QED) is 0.508. The predicted octanol–water partition coefficient (Wildman–Crippen LogP) is 6.50. The second-order valence-electron chi connectivity index (χ2n) is 12.1. The Morgan fingerprint density at radius 1 is 0.789 bits per heavy atom. The van der Waals surface area contributed by atoms with E-state index >= 15 is 0 Å². The molecule has 0 aromatic rings. The fourth-order valence-electron chi connectivity index (χ4n) is 21.7. The summed E-state index contributed by atoms with van der Waals surface area (Å²) in [5, 5.41) is 0. The molecule has 1 heteroatoms. The average Bonchev–Trinajstić information content (AvgIpc) is 3.37.